The maximum atomic E-state index is 13.0. The predicted molar refractivity (Wildman–Crippen MR) is 98.1 cm³/mol. The van der Waals surface area contributed by atoms with Crippen molar-refractivity contribution in [3.63, 3.8) is 0 Å². The first kappa shape index (κ1) is 18.8. The number of carbonyl (C=O) groups is 1. The van der Waals surface area contributed by atoms with Crippen molar-refractivity contribution in [2.24, 2.45) is 5.14 Å². The summed E-state index contributed by atoms with van der Waals surface area (Å²) in [6, 6.07) is 2.97. The maximum absolute atomic E-state index is 13.0. The highest BCUT2D eigenvalue weighted by Crippen LogP contribution is 2.44. The van der Waals surface area contributed by atoms with Gasteiger partial charge in [-0.1, -0.05) is 0 Å². The van der Waals surface area contributed by atoms with Crippen LogP contribution in [0.3, 0.4) is 0 Å². The summed E-state index contributed by atoms with van der Waals surface area (Å²) in [6.45, 7) is 3.81. The van der Waals surface area contributed by atoms with E-state index in [0.29, 0.717) is 43.2 Å². The number of ether oxygens (including phenoxy) is 2. The summed E-state index contributed by atoms with van der Waals surface area (Å²) in [4.78, 5) is 13.0. The van der Waals surface area contributed by atoms with E-state index < -0.39 is 26.6 Å². The van der Waals surface area contributed by atoms with Crippen molar-refractivity contribution in [1.29, 1.82) is 0 Å². The van der Waals surface area contributed by atoms with E-state index in [-0.39, 0.29) is 11.3 Å². The highest BCUT2D eigenvalue weighted by atomic mass is 32.2. The lowest BCUT2D eigenvalue weighted by Crippen LogP contribution is -2.22. The van der Waals surface area contributed by atoms with Crippen molar-refractivity contribution < 1.29 is 32.2 Å². The molecule has 2 aromatic rings. The number of benzene rings is 1. The highest BCUT2D eigenvalue weighted by molar-refractivity contribution is 7.89. The van der Waals surface area contributed by atoms with Crippen molar-refractivity contribution in [2.75, 3.05) is 18.5 Å². The van der Waals surface area contributed by atoms with Crippen LogP contribution in [0, 0.1) is 0 Å². The Morgan fingerprint density at radius 1 is 1.21 bits per heavy atom. The van der Waals surface area contributed by atoms with Gasteiger partial charge in [0.2, 0.25) is 5.09 Å². The summed E-state index contributed by atoms with van der Waals surface area (Å²) < 4.78 is 39.8. The SMILES string of the molecule is CC(C)(O)c1cc(S(N)(=O)=O)oc1C(=O)Nc1c2c(cc3c1OCC3)OCC2. The Morgan fingerprint density at radius 2 is 1.93 bits per heavy atom. The number of aliphatic hydroxyl groups is 1. The van der Waals surface area contributed by atoms with Gasteiger partial charge < -0.3 is 24.3 Å². The van der Waals surface area contributed by atoms with Crippen molar-refractivity contribution in [1.82, 2.24) is 0 Å². The van der Waals surface area contributed by atoms with Crippen molar-refractivity contribution in [3.8, 4) is 11.5 Å². The zero-order valence-corrected chi connectivity index (χ0v) is 16.2. The van der Waals surface area contributed by atoms with Gasteiger partial charge in [-0.05, 0) is 19.9 Å². The summed E-state index contributed by atoms with van der Waals surface area (Å²) in [5, 5.41) is 17.6. The molecule has 150 valence electrons. The average molecular weight is 408 g/mol. The molecule has 0 aliphatic carbocycles. The molecule has 2 aliphatic rings. The summed E-state index contributed by atoms with van der Waals surface area (Å²) in [6.07, 6.45) is 1.29. The molecule has 10 heteroatoms. The Bertz CT molecular complexity index is 1050. The molecule has 0 unspecified atom stereocenters. The number of nitrogens with two attached hydrogens (primary N) is 1. The number of sulfonamides is 1. The quantitative estimate of drug-likeness (QED) is 0.692. The van der Waals surface area contributed by atoms with Crippen LogP contribution in [0.25, 0.3) is 0 Å². The van der Waals surface area contributed by atoms with Crippen LogP contribution < -0.4 is 19.9 Å². The number of hydrogen-bond acceptors (Lipinski definition) is 7. The van der Waals surface area contributed by atoms with Crippen molar-refractivity contribution in [2.45, 2.75) is 37.4 Å². The van der Waals surface area contributed by atoms with E-state index in [4.69, 9.17) is 19.0 Å². The molecule has 28 heavy (non-hydrogen) atoms. The smallest absolute Gasteiger partial charge is 0.291 e. The van der Waals surface area contributed by atoms with Crippen LogP contribution >= 0.6 is 0 Å². The molecule has 4 rings (SSSR count). The minimum absolute atomic E-state index is 0.00964. The normalized spacial score (nSPS) is 15.6. The molecule has 0 fully saturated rings. The second-order valence-electron chi connectivity index (χ2n) is 7.28. The first-order valence-electron chi connectivity index (χ1n) is 8.71. The van der Waals surface area contributed by atoms with Crippen LogP contribution in [-0.2, 0) is 28.5 Å². The Balaban J connectivity index is 1.78. The van der Waals surface area contributed by atoms with Gasteiger partial charge in [-0.15, -0.1) is 0 Å². The van der Waals surface area contributed by atoms with Crippen LogP contribution in [0.15, 0.2) is 21.6 Å². The van der Waals surface area contributed by atoms with E-state index in [0.717, 1.165) is 17.2 Å². The Hall–Kier alpha value is -2.56. The molecule has 3 heterocycles. The fraction of sp³-hybridized carbons (Fsp3) is 0.389. The molecule has 1 aromatic heterocycles. The average Bonchev–Trinajstić information content (AvgIpc) is 3.31. The first-order chi connectivity index (χ1) is 13.1. The van der Waals surface area contributed by atoms with E-state index in [1.807, 2.05) is 6.07 Å². The summed E-state index contributed by atoms with van der Waals surface area (Å²) in [5.74, 6) is 0.206. The molecule has 0 bridgehead atoms. The maximum Gasteiger partial charge on any atom is 0.291 e. The molecule has 0 atom stereocenters. The molecule has 2 aliphatic heterocycles. The third-order valence-electron chi connectivity index (χ3n) is 4.74. The van der Waals surface area contributed by atoms with Gasteiger partial charge in [0.05, 0.1) is 24.5 Å². The third kappa shape index (κ3) is 3.13. The molecule has 0 saturated heterocycles. The molecule has 1 aromatic carbocycles. The Morgan fingerprint density at radius 3 is 2.61 bits per heavy atom. The Kier molecular flexibility index (Phi) is 4.18. The lowest BCUT2D eigenvalue weighted by Gasteiger charge is -2.17. The number of furan rings is 1. The van der Waals surface area contributed by atoms with Gasteiger partial charge in [0.25, 0.3) is 15.9 Å². The zero-order valence-electron chi connectivity index (χ0n) is 15.4. The van der Waals surface area contributed by atoms with Gasteiger partial charge >= 0.3 is 0 Å². The molecular formula is C18H20N2O7S. The van der Waals surface area contributed by atoms with Crippen LogP contribution in [0.1, 0.15) is 41.1 Å². The van der Waals surface area contributed by atoms with E-state index >= 15 is 0 Å². The second-order valence-corrected chi connectivity index (χ2v) is 8.77. The Labute approximate surface area is 161 Å². The summed E-state index contributed by atoms with van der Waals surface area (Å²) in [5.41, 5.74) is 0.679. The van der Waals surface area contributed by atoms with Gasteiger partial charge in [-0.25, -0.2) is 13.6 Å². The molecule has 0 spiro atoms. The number of nitrogens with one attached hydrogen (secondary N) is 1. The van der Waals surface area contributed by atoms with Crippen molar-refractivity contribution >= 4 is 21.6 Å². The monoisotopic (exact) mass is 408 g/mol. The number of carbonyl (C=O) groups excluding carboxylic acids is 1. The third-order valence-corrected chi connectivity index (χ3v) is 5.51. The lowest BCUT2D eigenvalue weighted by atomic mass is 9.98. The van der Waals surface area contributed by atoms with Gasteiger partial charge in [0.1, 0.15) is 11.5 Å². The van der Waals surface area contributed by atoms with Crippen LogP contribution in [-0.4, -0.2) is 32.6 Å². The van der Waals surface area contributed by atoms with Gasteiger partial charge in [-0.2, -0.15) is 0 Å². The molecule has 1 amide bonds. The molecular weight excluding hydrogens is 388 g/mol. The first-order valence-corrected chi connectivity index (χ1v) is 10.3. The van der Waals surface area contributed by atoms with Crippen LogP contribution in [0.2, 0.25) is 0 Å². The van der Waals surface area contributed by atoms with Gasteiger partial charge in [0.15, 0.2) is 5.76 Å². The van der Waals surface area contributed by atoms with Gasteiger partial charge in [0, 0.05) is 35.6 Å². The molecule has 9 nitrogen and oxygen atoms in total. The standard InChI is InChI=1S/C18H20N2O7S/c1-18(2,22)11-8-13(28(19,23)24)27-16(11)17(21)20-14-10-4-6-25-12(10)7-9-3-5-26-15(9)14/h7-8,22H,3-6H2,1-2H3,(H,20,21)(H2,19,23,24). The van der Waals surface area contributed by atoms with Crippen LogP contribution in [0.4, 0.5) is 5.69 Å². The number of anilines is 1. The molecule has 0 saturated carbocycles. The summed E-state index contributed by atoms with van der Waals surface area (Å²) >= 11 is 0. The number of hydrogen-bond donors (Lipinski definition) is 3. The van der Waals surface area contributed by atoms with Crippen LogP contribution in [0.5, 0.6) is 11.5 Å². The zero-order chi connectivity index (χ0) is 20.3. The van der Waals surface area contributed by atoms with E-state index in [1.165, 1.54) is 13.8 Å². The van der Waals surface area contributed by atoms with Gasteiger partial charge in [-0.3, -0.25) is 4.79 Å². The van der Waals surface area contributed by atoms with E-state index in [1.54, 1.807) is 0 Å². The predicted octanol–water partition coefficient (Wildman–Crippen LogP) is 1.28. The van der Waals surface area contributed by atoms with Crippen molar-refractivity contribution in [3.05, 3.63) is 34.6 Å². The fourth-order valence-electron chi connectivity index (χ4n) is 3.42. The highest BCUT2D eigenvalue weighted by Gasteiger charge is 2.33. The lowest BCUT2D eigenvalue weighted by molar-refractivity contribution is 0.0740. The minimum Gasteiger partial charge on any atom is -0.493 e. The van der Waals surface area contributed by atoms with E-state index in [2.05, 4.69) is 5.32 Å². The van der Waals surface area contributed by atoms with E-state index in [9.17, 15) is 18.3 Å². The topological polar surface area (TPSA) is 141 Å². The largest absolute Gasteiger partial charge is 0.493 e. The molecule has 4 N–H and O–H groups in total. The second kappa shape index (κ2) is 6.23. The number of fused-ring (bicyclic) bond motifs is 2. The summed E-state index contributed by atoms with van der Waals surface area (Å²) in [7, 11) is -4.19. The number of amides is 1. The number of rotatable bonds is 4. The number of primary sulfonamides is 1. The fourth-order valence-corrected chi connectivity index (χ4v) is 3.90. The molecule has 0 radical (unpaired) electrons. The minimum atomic E-state index is -4.19.